The average Bonchev–Trinajstić information content (AvgIpc) is 2.07. The zero-order chi connectivity index (χ0) is 11.5. The Morgan fingerprint density at radius 3 is 2.07 bits per heavy atom. The fourth-order valence-corrected chi connectivity index (χ4v) is 1.35. The molecule has 0 saturated heterocycles. The van der Waals surface area contributed by atoms with Crippen LogP contribution in [0.15, 0.2) is 12.2 Å². The molecule has 1 fully saturated rings. The number of carbonyl (C=O) groups excluding carboxylic acids is 1. The SMILES string of the molecule is O=C(O)/C=C\C(=O)NC1(C(=O)O)CCC1. The standard InChI is InChI=1S/C9H11NO5/c11-6(2-3-7(12)13)10-9(8(14)15)4-1-5-9/h2-3H,1,4-5H2,(H,10,11)(H,12,13)(H,14,15)/b3-2-. The number of hydrogen-bond donors (Lipinski definition) is 3. The lowest BCUT2D eigenvalue weighted by Crippen LogP contribution is -2.58. The first kappa shape index (κ1) is 11.2. The van der Waals surface area contributed by atoms with Crippen molar-refractivity contribution in [3.8, 4) is 0 Å². The molecule has 0 unspecified atom stereocenters. The van der Waals surface area contributed by atoms with E-state index in [1.807, 2.05) is 0 Å². The van der Waals surface area contributed by atoms with Crippen LogP contribution in [-0.2, 0) is 14.4 Å². The fourth-order valence-electron chi connectivity index (χ4n) is 1.35. The van der Waals surface area contributed by atoms with Gasteiger partial charge in [-0.05, 0) is 19.3 Å². The Kier molecular flexibility index (Phi) is 3.08. The summed E-state index contributed by atoms with van der Waals surface area (Å²) in [5.41, 5.74) is -1.19. The van der Waals surface area contributed by atoms with Crippen LogP contribution >= 0.6 is 0 Å². The lowest BCUT2D eigenvalue weighted by molar-refractivity contribution is -0.151. The van der Waals surface area contributed by atoms with Gasteiger partial charge in [0.25, 0.3) is 0 Å². The predicted molar refractivity (Wildman–Crippen MR) is 49.1 cm³/mol. The average molecular weight is 213 g/mol. The molecule has 0 aliphatic heterocycles. The molecule has 0 atom stereocenters. The van der Waals surface area contributed by atoms with E-state index in [0.29, 0.717) is 18.9 Å². The number of aliphatic carboxylic acids is 2. The highest BCUT2D eigenvalue weighted by Crippen LogP contribution is 2.31. The Hall–Kier alpha value is -1.85. The van der Waals surface area contributed by atoms with Crippen molar-refractivity contribution in [1.82, 2.24) is 5.32 Å². The van der Waals surface area contributed by atoms with Gasteiger partial charge in [0, 0.05) is 12.2 Å². The van der Waals surface area contributed by atoms with Crippen LogP contribution in [0.1, 0.15) is 19.3 Å². The first-order chi connectivity index (χ1) is 6.96. The van der Waals surface area contributed by atoms with Crippen LogP contribution in [0.25, 0.3) is 0 Å². The highest BCUT2D eigenvalue weighted by molar-refractivity contribution is 5.97. The second kappa shape index (κ2) is 4.12. The third kappa shape index (κ3) is 2.55. The van der Waals surface area contributed by atoms with Gasteiger partial charge in [-0.1, -0.05) is 0 Å². The summed E-state index contributed by atoms with van der Waals surface area (Å²) in [6.45, 7) is 0. The van der Waals surface area contributed by atoms with Crippen LogP contribution in [0.2, 0.25) is 0 Å². The number of rotatable bonds is 4. The van der Waals surface area contributed by atoms with Gasteiger partial charge >= 0.3 is 11.9 Å². The van der Waals surface area contributed by atoms with Gasteiger partial charge in [-0.3, -0.25) is 4.79 Å². The van der Waals surface area contributed by atoms with Crippen LogP contribution in [0.4, 0.5) is 0 Å². The summed E-state index contributed by atoms with van der Waals surface area (Å²) in [5, 5.41) is 19.4. The molecule has 82 valence electrons. The zero-order valence-electron chi connectivity index (χ0n) is 7.90. The van der Waals surface area contributed by atoms with Gasteiger partial charge in [0.2, 0.25) is 5.91 Å². The Morgan fingerprint density at radius 1 is 1.13 bits per heavy atom. The summed E-state index contributed by atoms with van der Waals surface area (Å²) in [7, 11) is 0. The lowest BCUT2D eigenvalue weighted by atomic mass is 9.77. The summed E-state index contributed by atoms with van der Waals surface area (Å²) < 4.78 is 0. The quantitative estimate of drug-likeness (QED) is 0.559. The van der Waals surface area contributed by atoms with Crippen LogP contribution in [0, 0.1) is 0 Å². The minimum atomic E-state index is -1.25. The highest BCUT2D eigenvalue weighted by atomic mass is 16.4. The minimum absolute atomic E-state index is 0.384. The van der Waals surface area contributed by atoms with Crippen LogP contribution < -0.4 is 5.32 Å². The van der Waals surface area contributed by atoms with Gasteiger partial charge < -0.3 is 15.5 Å². The summed E-state index contributed by atoms with van der Waals surface area (Å²) in [6, 6.07) is 0. The molecule has 6 nitrogen and oxygen atoms in total. The van der Waals surface area contributed by atoms with Crippen LogP contribution in [0.3, 0.4) is 0 Å². The first-order valence-corrected chi connectivity index (χ1v) is 4.43. The van der Waals surface area contributed by atoms with Crippen molar-refractivity contribution in [2.75, 3.05) is 0 Å². The smallest absolute Gasteiger partial charge is 0.329 e. The van der Waals surface area contributed by atoms with Gasteiger partial charge in [0.05, 0.1) is 0 Å². The number of carboxylic acid groups (broad SMARTS) is 2. The van der Waals surface area contributed by atoms with Crippen LogP contribution in [0.5, 0.6) is 0 Å². The Morgan fingerprint density at radius 2 is 1.73 bits per heavy atom. The summed E-state index contributed by atoms with van der Waals surface area (Å²) >= 11 is 0. The van der Waals surface area contributed by atoms with E-state index in [9.17, 15) is 14.4 Å². The highest BCUT2D eigenvalue weighted by Gasteiger charge is 2.45. The van der Waals surface area contributed by atoms with E-state index in [0.717, 1.165) is 12.5 Å². The third-order valence-corrected chi connectivity index (χ3v) is 2.36. The molecule has 1 amide bonds. The maximum Gasteiger partial charge on any atom is 0.329 e. The normalized spacial score (nSPS) is 18.1. The molecule has 1 aliphatic rings. The third-order valence-electron chi connectivity index (χ3n) is 2.36. The molecule has 0 radical (unpaired) electrons. The van der Waals surface area contributed by atoms with E-state index >= 15 is 0 Å². The second-order valence-electron chi connectivity index (χ2n) is 3.40. The summed E-state index contributed by atoms with van der Waals surface area (Å²) in [4.78, 5) is 32.1. The van der Waals surface area contributed by atoms with E-state index < -0.39 is 23.4 Å². The second-order valence-corrected chi connectivity index (χ2v) is 3.40. The molecule has 0 aromatic carbocycles. The zero-order valence-corrected chi connectivity index (χ0v) is 7.90. The Bertz CT molecular complexity index is 329. The van der Waals surface area contributed by atoms with Gasteiger partial charge in [0.15, 0.2) is 0 Å². The van der Waals surface area contributed by atoms with E-state index in [1.165, 1.54) is 0 Å². The molecule has 0 aromatic rings. The molecule has 0 heterocycles. The van der Waals surface area contributed by atoms with Crippen molar-refractivity contribution in [2.24, 2.45) is 0 Å². The molecule has 1 aliphatic carbocycles. The Balaban J connectivity index is 2.57. The van der Waals surface area contributed by atoms with Gasteiger partial charge in [-0.15, -0.1) is 0 Å². The molecule has 1 rings (SSSR count). The van der Waals surface area contributed by atoms with Crippen LogP contribution in [-0.4, -0.2) is 33.6 Å². The van der Waals surface area contributed by atoms with Crippen molar-refractivity contribution in [3.63, 3.8) is 0 Å². The number of hydrogen-bond acceptors (Lipinski definition) is 3. The predicted octanol–water partition coefficient (Wildman–Crippen LogP) is -0.249. The topological polar surface area (TPSA) is 104 Å². The molecular weight excluding hydrogens is 202 g/mol. The van der Waals surface area contributed by atoms with Gasteiger partial charge in [-0.25, -0.2) is 9.59 Å². The molecule has 3 N–H and O–H groups in total. The maximum absolute atomic E-state index is 11.1. The fraction of sp³-hybridized carbons (Fsp3) is 0.444. The van der Waals surface area contributed by atoms with Crippen molar-refractivity contribution in [1.29, 1.82) is 0 Å². The van der Waals surface area contributed by atoms with Crippen molar-refractivity contribution in [2.45, 2.75) is 24.8 Å². The van der Waals surface area contributed by atoms with Crippen molar-refractivity contribution >= 4 is 17.8 Å². The number of nitrogens with one attached hydrogen (secondary N) is 1. The largest absolute Gasteiger partial charge is 0.480 e. The van der Waals surface area contributed by atoms with Crippen molar-refractivity contribution < 1.29 is 24.6 Å². The number of carbonyl (C=O) groups is 3. The molecule has 15 heavy (non-hydrogen) atoms. The molecule has 0 spiro atoms. The van der Waals surface area contributed by atoms with Crippen molar-refractivity contribution in [3.05, 3.63) is 12.2 Å². The number of amides is 1. The first-order valence-electron chi connectivity index (χ1n) is 4.43. The lowest BCUT2D eigenvalue weighted by Gasteiger charge is -2.37. The van der Waals surface area contributed by atoms with E-state index in [4.69, 9.17) is 10.2 Å². The molecule has 0 bridgehead atoms. The van der Waals surface area contributed by atoms with E-state index in [2.05, 4.69) is 5.32 Å². The van der Waals surface area contributed by atoms with Gasteiger partial charge in [-0.2, -0.15) is 0 Å². The maximum atomic E-state index is 11.1. The summed E-state index contributed by atoms with van der Waals surface area (Å²) in [6.07, 6.45) is 2.99. The van der Waals surface area contributed by atoms with Gasteiger partial charge in [0.1, 0.15) is 5.54 Å². The van der Waals surface area contributed by atoms with E-state index in [-0.39, 0.29) is 0 Å². The van der Waals surface area contributed by atoms with E-state index in [1.54, 1.807) is 0 Å². The molecule has 0 aromatic heterocycles. The Labute approximate surface area is 85.6 Å². The minimum Gasteiger partial charge on any atom is -0.480 e. The molecule has 1 saturated carbocycles. The number of carboxylic acids is 2. The summed E-state index contributed by atoms with van der Waals surface area (Å²) in [5.74, 6) is -3.02. The molecular formula is C9H11NO5. The monoisotopic (exact) mass is 213 g/mol. The molecule has 6 heteroatoms.